The minimum Gasteiger partial charge on any atom is -0.375 e. The van der Waals surface area contributed by atoms with Crippen LogP contribution in [0.5, 0.6) is 0 Å². The van der Waals surface area contributed by atoms with Gasteiger partial charge in [-0.15, -0.1) is 0 Å². The van der Waals surface area contributed by atoms with Crippen molar-refractivity contribution in [1.82, 2.24) is 4.31 Å². The Morgan fingerprint density at radius 1 is 1.11 bits per heavy atom. The molecule has 0 aliphatic heterocycles. The van der Waals surface area contributed by atoms with Gasteiger partial charge in [-0.2, -0.15) is 4.31 Å². The highest BCUT2D eigenvalue weighted by molar-refractivity contribution is 7.90. The van der Waals surface area contributed by atoms with Gasteiger partial charge in [0.2, 0.25) is 10.0 Å². The molecule has 0 spiro atoms. The van der Waals surface area contributed by atoms with E-state index in [1.165, 1.54) is 4.31 Å². The lowest BCUT2D eigenvalue weighted by Crippen LogP contribution is -2.61. The summed E-state index contributed by atoms with van der Waals surface area (Å²) in [6.45, 7) is 5.62. The molecular weight excluding hydrogens is 250 g/mol. The number of sulfonamides is 1. The number of hydrogen-bond donors (Lipinski definition) is 1. The maximum atomic E-state index is 12.6. The molecule has 0 aromatic heterocycles. The van der Waals surface area contributed by atoms with Crippen molar-refractivity contribution < 1.29 is 13.5 Å². The zero-order valence-corrected chi connectivity index (χ0v) is 12.5. The van der Waals surface area contributed by atoms with E-state index in [0.717, 1.165) is 32.1 Å². The van der Waals surface area contributed by atoms with Crippen LogP contribution in [0.1, 0.15) is 65.7 Å². The quantitative estimate of drug-likeness (QED) is 0.804. The Labute approximate surface area is 110 Å². The van der Waals surface area contributed by atoms with E-state index >= 15 is 0 Å². The standard InChI is InChI=1S/C13H25NO3S/c1-12(2,3)14(18(16,17)11-7-8-11)13(15)9-5-4-6-10-13/h11,15H,4-10H2,1-3H3. The van der Waals surface area contributed by atoms with Crippen molar-refractivity contribution in [1.29, 1.82) is 0 Å². The number of nitrogens with zero attached hydrogens (tertiary/aromatic N) is 1. The van der Waals surface area contributed by atoms with Gasteiger partial charge in [-0.3, -0.25) is 0 Å². The van der Waals surface area contributed by atoms with Crippen LogP contribution >= 0.6 is 0 Å². The molecule has 2 aliphatic rings. The van der Waals surface area contributed by atoms with Crippen LogP contribution < -0.4 is 0 Å². The van der Waals surface area contributed by atoms with Crippen LogP contribution in [0.4, 0.5) is 0 Å². The lowest BCUT2D eigenvalue weighted by Gasteiger charge is -2.48. The molecule has 0 unspecified atom stereocenters. The minimum atomic E-state index is -3.36. The van der Waals surface area contributed by atoms with Crippen LogP contribution in [0, 0.1) is 0 Å². The zero-order chi connectivity index (χ0) is 13.6. The van der Waals surface area contributed by atoms with Gasteiger partial charge in [0.25, 0.3) is 0 Å². The molecule has 5 heteroatoms. The second-order valence-corrected chi connectivity index (χ2v) is 8.78. The zero-order valence-electron chi connectivity index (χ0n) is 11.6. The summed E-state index contributed by atoms with van der Waals surface area (Å²) in [4.78, 5) is 0. The fourth-order valence-corrected chi connectivity index (χ4v) is 5.53. The second kappa shape index (κ2) is 4.46. The van der Waals surface area contributed by atoms with E-state index in [-0.39, 0.29) is 5.25 Å². The Morgan fingerprint density at radius 3 is 2.00 bits per heavy atom. The van der Waals surface area contributed by atoms with Gasteiger partial charge in [-0.05, 0) is 59.3 Å². The first-order chi connectivity index (χ1) is 8.18. The van der Waals surface area contributed by atoms with E-state index in [9.17, 15) is 13.5 Å². The Hall–Kier alpha value is -0.130. The second-order valence-electron chi connectivity index (χ2n) is 6.72. The summed E-state index contributed by atoms with van der Waals surface area (Å²) >= 11 is 0. The minimum absolute atomic E-state index is 0.261. The predicted molar refractivity (Wildman–Crippen MR) is 71.6 cm³/mol. The average molecular weight is 275 g/mol. The van der Waals surface area contributed by atoms with Crippen LogP contribution in [0.15, 0.2) is 0 Å². The topological polar surface area (TPSA) is 57.6 Å². The molecule has 0 saturated heterocycles. The van der Waals surface area contributed by atoms with Crippen LogP contribution in [0.2, 0.25) is 0 Å². The van der Waals surface area contributed by atoms with E-state index < -0.39 is 21.3 Å². The highest BCUT2D eigenvalue weighted by atomic mass is 32.2. The van der Waals surface area contributed by atoms with Gasteiger partial charge >= 0.3 is 0 Å². The molecule has 0 aromatic carbocycles. The molecule has 18 heavy (non-hydrogen) atoms. The Bertz CT molecular complexity index is 400. The fraction of sp³-hybridized carbons (Fsp3) is 1.00. The molecule has 0 atom stereocenters. The Balaban J connectivity index is 2.36. The van der Waals surface area contributed by atoms with Gasteiger partial charge in [-0.1, -0.05) is 6.42 Å². The lowest BCUT2D eigenvalue weighted by atomic mass is 9.89. The largest absolute Gasteiger partial charge is 0.375 e. The summed E-state index contributed by atoms with van der Waals surface area (Å²) in [6.07, 6.45) is 5.51. The van der Waals surface area contributed by atoms with Crippen LogP contribution in [-0.2, 0) is 10.0 Å². The molecule has 0 radical (unpaired) electrons. The number of aliphatic hydroxyl groups is 1. The smallest absolute Gasteiger partial charge is 0.219 e. The summed E-state index contributed by atoms with van der Waals surface area (Å²) in [5.41, 5.74) is -1.73. The van der Waals surface area contributed by atoms with Gasteiger partial charge in [-0.25, -0.2) is 8.42 Å². The van der Waals surface area contributed by atoms with Crippen LogP contribution in [-0.4, -0.2) is 34.3 Å². The van der Waals surface area contributed by atoms with Gasteiger partial charge < -0.3 is 5.11 Å². The molecule has 0 heterocycles. The number of hydrogen-bond acceptors (Lipinski definition) is 3. The predicted octanol–water partition coefficient (Wildman–Crippen LogP) is 2.23. The first kappa shape index (κ1) is 14.3. The molecule has 2 aliphatic carbocycles. The molecule has 4 nitrogen and oxygen atoms in total. The highest BCUT2D eigenvalue weighted by Crippen LogP contribution is 2.42. The maximum absolute atomic E-state index is 12.6. The van der Waals surface area contributed by atoms with E-state index in [1.54, 1.807) is 0 Å². The van der Waals surface area contributed by atoms with Crippen molar-refractivity contribution in [3.05, 3.63) is 0 Å². The van der Waals surface area contributed by atoms with E-state index in [2.05, 4.69) is 0 Å². The fourth-order valence-electron chi connectivity index (χ4n) is 3.08. The molecule has 106 valence electrons. The molecule has 1 N–H and O–H groups in total. The van der Waals surface area contributed by atoms with Gasteiger partial charge in [0.15, 0.2) is 0 Å². The Kier molecular flexibility index (Phi) is 3.54. The normalized spacial score (nSPS) is 25.4. The molecule has 2 saturated carbocycles. The van der Waals surface area contributed by atoms with Crippen LogP contribution in [0.25, 0.3) is 0 Å². The third-order valence-corrected chi connectivity index (χ3v) is 6.55. The third-order valence-electron chi connectivity index (χ3n) is 3.84. The molecule has 2 fully saturated rings. The van der Waals surface area contributed by atoms with E-state index in [4.69, 9.17) is 0 Å². The van der Waals surface area contributed by atoms with Crippen molar-refractivity contribution in [2.45, 2.75) is 82.2 Å². The van der Waals surface area contributed by atoms with Crippen molar-refractivity contribution in [2.75, 3.05) is 0 Å². The first-order valence-corrected chi connectivity index (χ1v) is 8.45. The SMILES string of the molecule is CC(C)(C)N(C1(O)CCCCC1)S(=O)(=O)C1CC1. The molecule has 2 rings (SSSR count). The van der Waals surface area contributed by atoms with Gasteiger partial charge in [0.1, 0.15) is 5.72 Å². The van der Waals surface area contributed by atoms with Crippen LogP contribution in [0.3, 0.4) is 0 Å². The van der Waals surface area contributed by atoms with Crippen molar-refractivity contribution in [2.24, 2.45) is 0 Å². The molecule has 0 bridgehead atoms. The molecule has 0 amide bonds. The average Bonchev–Trinajstić information content (AvgIpc) is 2.97. The van der Waals surface area contributed by atoms with Gasteiger partial charge in [0.05, 0.1) is 5.25 Å². The summed E-state index contributed by atoms with van der Waals surface area (Å²) in [5.74, 6) is 0. The van der Waals surface area contributed by atoms with Crippen molar-refractivity contribution in [3.63, 3.8) is 0 Å². The third kappa shape index (κ3) is 2.58. The first-order valence-electron chi connectivity index (χ1n) is 6.95. The summed E-state index contributed by atoms with van der Waals surface area (Å²) in [6, 6.07) is 0. The van der Waals surface area contributed by atoms with E-state index in [1.807, 2.05) is 20.8 Å². The monoisotopic (exact) mass is 275 g/mol. The molecule has 0 aromatic rings. The van der Waals surface area contributed by atoms with Crippen molar-refractivity contribution in [3.8, 4) is 0 Å². The lowest BCUT2D eigenvalue weighted by molar-refractivity contribution is -0.118. The summed E-state index contributed by atoms with van der Waals surface area (Å²) in [5, 5.41) is 10.6. The maximum Gasteiger partial charge on any atom is 0.219 e. The summed E-state index contributed by atoms with van der Waals surface area (Å²) < 4.78 is 26.6. The highest BCUT2D eigenvalue weighted by Gasteiger charge is 2.53. The van der Waals surface area contributed by atoms with Crippen molar-refractivity contribution >= 4 is 10.0 Å². The summed E-state index contributed by atoms with van der Waals surface area (Å²) in [7, 11) is -3.36. The molecular formula is C13H25NO3S. The van der Waals surface area contributed by atoms with Gasteiger partial charge in [0, 0.05) is 5.54 Å². The van der Waals surface area contributed by atoms with E-state index in [0.29, 0.717) is 12.8 Å². The number of rotatable bonds is 3. The Morgan fingerprint density at radius 2 is 1.61 bits per heavy atom.